The Bertz CT molecular complexity index is 652. The summed E-state index contributed by atoms with van der Waals surface area (Å²) in [5.41, 5.74) is 3.21. The molecule has 1 unspecified atom stereocenters. The number of amides is 1. The molecule has 2 rings (SSSR count). The number of anilines is 2. The van der Waals surface area contributed by atoms with Crippen LogP contribution in [0.1, 0.15) is 41.9 Å². The van der Waals surface area contributed by atoms with Crippen molar-refractivity contribution in [2.75, 3.05) is 10.6 Å². The van der Waals surface area contributed by atoms with Crippen molar-refractivity contribution in [3.63, 3.8) is 0 Å². The molecule has 1 heterocycles. The Morgan fingerprint density at radius 1 is 1.23 bits per heavy atom. The molecule has 116 valence electrons. The molecule has 0 aliphatic heterocycles. The average molecular weight is 298 g/mol. The lowest BCUT2D eigenvalue weighted by atomic mass is 10.1. The minimum absolute atomic E-state index is 0.253. The number of hydrogen-bond donors (Lipinski definition) is 2. The van der Waals surface area contributed by atoms with E-state index < -0.39 is 0 Å². The molecule has 0 bridgehead atoms. The highest BCUT2D eigenvalue weighted by atomic mass is 16.1. The van der Waals surface area contributed by atoms with Crippen LogP contribution < -0.4 is 10.6 Å². The maximum Gasteiger partial charge on any atom is 0.275 e. The number of aromatic nitrogens is 2. The number of nitrogens with zero attached hydrogens (tertiary/aromatic N) is 2. The molecule has 2 N–H and O–H groups in total. The van der Waals surface area contributed by atoms with Crippen LogP contribution in [0, 0.1) is 13.8 Å². The molecule has 2 aromatic rings. The first-order chi connectivity index (χ1) is 10.5. The van der Waals surface area contributed by atoms with Gasteiger partial charge in [-0.1, -0.05) is 19.1 Å². The lowest BCUT2D eigenvalue weighted by molar-refractivity contribution is 0.102. The lowest BCUT2D eigenvalue weighted by Crippen LogP contribution is -2.17. The summed E-state index contributed by atoms with van der Waals surface area (Å²) in [4.78, 5) is 20.6. The van der Waals surface area contributed by atoms with Crippen LogP contribution in [0.15, 0.2) is 30.6 Å². The van der Waals surface area contributed by atoms with Crippen molar-refractivity contribution in [3.8, 4) is 0 Å². The SMILES string of the molecule is CCC(C)Nc1cnc(C(=O)Nc2cc(C)ccc2C)cn1. The van der Waals surface area contributed by atoms with Gasteiger partial charge < -0.3 is 10.6 Å². The molecule has 5 heteroatoms. The standard InChI is InChI=1S/C17H22N4O/c1-5-13(4)20-16-10-18-15(9-19-16)17(22)21-14-8-11(2)6-7-12(14)3/h6-10,13H,5H2,1-4H3,(H,19,20)(H,21,22). The van der Waals surface area contributed by atoms with E-state index in [1.807, 2.05) is 32.0 Å². The van der Waals surface area contributed by atoms with Gasteiger partial charge in [-0.25, -0.2) is 9.97 Å². The Balaban J connectivity index is 2.08. The van der Waals surface area contributed by atoms with Crippen LogP contribution in [-0.2, 0) is 0 Å². The van der Waals surface area contributed by atoms with E-state index in [4.69, 9.17) is 0 Å². The van der Waals surface area contributed by atoms with Gasteiger partial charge in [0.1, 0.15) is 11.5 Å². The van der Waals surface area contributed by atoms with Gasteiger partial charge in [0.05, 0.1) is 12.4 Å². The summed E-state index contributed by atoms with van der Waals surface area (Å²) in [7, 11) is 0. The van der Waals surface area contributed by atoms with Gasteiger partial charge in [-0.3, -0.25) is 4.79 Å². The van der Waals surface area contributed by atoms with Crippen molar-refractivity contribution in [3.05, 3.63) is 47.4 Å². The van der Waals surface area contributed by atoms with Gasteiger partial charge in [0.15, 0.2) is 0 Å². The van der Waals surface area contributed by atoms with E-state index in [1.54, 1.807) is 6.20 Å². The van der Waals surface area contributed by atoms with E-state index >= 15 is 0 Å². The maximum atomic E-state index is 12.2. The highest BCUT2D eigenvalue weighted by Gasteiger charge is 2.10. The normalized spacial score (nSPS) is 11.8. The Hall–Kier alpha value is -2.43. The van der Waals surface area contributed by atoms with Crippen LogP contribution in [0.25, 0.3) is 0 Å². The zero-order valence-corrected chi connectivity index (χ0v) is 13.5. The number of nitrogens with one attached hydrogen (secondary N) is 2. The molecule has 5 nitrogen and oxygen atoms in total. The summed E-state index contributed by atoms with van der Waals surface area (Å²) >= 11 is 0. The predicted octanol–water partition coefficient (Wildman–Crippen LogP) is 3.56. The van der Waals surface area contributed by atoms with E-state index in [2.05, 4.69) is 34.4 Å². The minimum atomic E-state index is -0.253. The Labute approximate surface area is 131 Å². The fraction of sp³-hybridized carbons (Fsp3) is 0.353. The highest BCUT2D eigenvalue weighted by molar-refractivity contribution is 6.03. The molecule has 0 fully saturated rings. The zero-order valence-electron chi connectivity index (χ0n) is 13.5. The summed E-state index contributed by atoms with van der Waals surface area (Å²) in [5, 5.41) is 6.10. The molecule has 0 saturated heterocycles. The van der Waals surface area contributed by atoms with Crippen LogP contribution in [0.2, 0.25) is 0 Å². The Kier molecular flexibility index (Phi) is 5.09. The maximum absolute atomic E-state index is 12.2. The van der Waals surface area contributed by atoms with Crippen LogP contribution >= 0.6 is 0 Å². The van der Waals surface area contributed by atoms with E-state index in [-0.39, 0.29) is 5.91 Å². The summed E-state index contributed by atoms with van der Waals surface area (Å²) in [6.45, 7) is 8.12. The number of benzene rings is 1. The molecule has 0 radical (unpaired) electrons. The summed E-state index contributed by atoms with van der Waals surface area (Å²) < 4.78 is 0. The van der Waals surface area contributed by atoms with Crippen molar-refractivity contribution < 1.29 is 4.79 Å². The van der Waals surface area contributed by atoms with Crippen molar-refractivity contribution in [2.24, 2.45) is 0 Å². The number of hydrogen-bond acceptors (Lipinski definition) is 4. The topological polar surface area (TPSA) is 66.9 Å². The zero-order chi connectivity index (χ0) is 16.1. The molecular formula is C17H22N4O. The van der Waals surface area contributed by atoms with Gasteiger partial charge in [0.2, 0.25) is 0 Å². The van der Waals surface area contributed by atoms with Gasteiger partial charge in [0, 0.05) is 11.7 Å². The highest BCUT2D eigenvalue weighted by Crippen LogP contribution is 2.17. The Morgan fingerprint density at radius 2 is 2.00 bits per heavy atom. The average Bonchev–Trinajstić information content (AvgIpc) is 2.51. The van der Waals surface area contributed by atoms with Gasteiger partial charge in [-0.15, -0.1) is 0 Å². The second-order valence-corrected chi connectivity index (χ2v) is 5.51. The second kappa shape index (κ2) is 7.02. The predicted molar refractivity (Wildman–Crippen MR) is 89.3 cm³/mol. The minimum Gasteiger partial charge on any atom is -0.366 e. The summed E-state index contributed by atoms with van der Waals surface area (Å²) in [5.74, 6) is 0.425. The third kappa shape index (κ3) is 4.04. The third-order valence-corrected chi connectivity index (χ3v) is 3.53. The monoisotopic (exact) mass is 298 g/mol. The number of rotatable bonds is 5. The second-order valence-electron chi connectivity index (χ2n) is 5.51. The molecular weight excluding hydrogens is 276 g/mol. The van der Waals surface area contributed by atoms with E-state index in [0.29, 0.717) is 17.6 Å². The van der Waals surface area contributed by atoms with E-state index in [0.717, 1.165) is 23.2 Å². The first-order valence-electron chi connectivity index (χ1n) is 7.46. The lowest BCUT2D eigenvalue weighted by Gasteiger charge is -2.12. The van der Waals surface area contributed by atoms with E-state index in [9.17, 15) is 4.79 Å². The van der Waals surface area contributed by atoms with Gasteiger partial charge in [-0.05, 0) is 44.4 Å². The molecule has 0 spiro atoms. The van der Waals surface area contributed by atoms with Gasteiger partial charge in [0.25, 0.3) is 5.91 Å². The summed E-state index contributed by atoms with van der Waals surface area (Å²) in [6, 6.07) is 6.26. The van der Waals surface area contributed by atoms with Crippen LogP contribution in [0.3, 0.4) is 0 Å². The third-order valence-electron chi connectivity index (χ3n) is 3.53. The Morgan fingerprint density at radius 3 is 2.64 bits per heavy atom. The molecule has 0 saturated carbocycles. The van der Waals surface area contributed by atoms with Crippen molar-refractivity contribution >= 4 is 17.4 Å². The van der Waals surface area contributed by atoms with Gasteiger partial charge >= 0.3 is 0 Å². The molecule has 1 atom stereocenters. The molecule has 22 heavy (non-hydrogen) atoms. The molecule has 0 aliphatic rings. The number of carbonyl (C=O) groups is 1. The summed E-state index contributed by atoms with van der Waals surface area (Å²) in [6.07, 6.45) is 4.08. The van der Waals surface area contributed by atoms with Crippen molar-refractivity contribution in [1.82, 2.24) is 9.97 Å². The first kappa shape index (κ1) is 15.9. The van der Waals surface area contributed by atoms with E-state index in [1.165, 1.54) is 6.20 Å². The van der Waals surface area contributed by atoms with Crippen LogP contribution in [0.5, 0.6) is 0 Å². The van der Waals surface area contributed by atoms with Crippen LogP contribution in [0.4, 0.5) is 11.5 Å². The fourth-order valence-corrected chi connectivity index (χ4v) is 1.93. The smallest absolute Gasteiger partial charge is 0.275 e. The molecule has 1 aromatic heterocycles. The van der Waals surface area contributed by atoms with Crippen molar-refractivity contribution in [2.45, 2.75) is 40.2 Å². The van der Waals surface area contributed by atoms with Gasteiger partial charge in [-0.2, -0.15) is 0 Å². The fourth-order valence-electron chi connectivity index (χ4n) is 1.93. The number of aryl methyl sites for hydroxylation is 2. The largest absolute Gasteiger partial charge is 0.366 e. The quantitative estimate of drug-likeness (QED) is 0.885. The number of carbonyl (C=O) groups excluding carboxylic acids is 1. The molecule has 0 aliphatic carbocycles. The first-order valence-corrected chi connectivity index (χ1v) is 7.46. The molecule has 1 amide bonds. The molecule has 1 aromatic carbocycles. The van der Waals surface area contributed by atoms with Crippen LogP contribution in [-0.4, -0.2) is 21.9 Å². The van der Waals surface area contributed by atoms with Crippen molar-refractivity contribution in [1.29, 1.82) is 0 Å².